The second kappa shape index (κ2) is 6.70. The molecule has 0 aromatic heterocycles. The monoisotopic (exact) mass is 235 g/mol. The van der Waals surface area contributed by atoms with E-state index in [4.69, 9.17) is 9.57 Å². The first-order valence-corrected chi connectivity index (χ1v) is 5.40. The lowest BCUT2D eigenvalue weighted by atomic mass is 10.2. The van der Waals surface area contributed by atoms with E-state index >= 15 is 0 Å². The van der Waals surface area contributed by atoms with Gasteiger partial charge in [-0.15, -0.1) is 0 Å². The lowest BCUT2D eigenvalue weighted by molar-refractivity contribution is -0.162. The molecule has 0 bridgehead atoms. The molecule has 1 aromatic rings. The van der Waals surface area contributed by atoms with Gasteiger partial charge in [-0.25, -0.2) is 5.06 Å². The number of benzene rings is 1. The smallest absolute Gasteiger partial charge is 0.269 e. The summed E-state index contributed by atoms with van der Waals surface area (Å²) >= 11 is 0. The molecule has 0 saturated carbocycles. The Kier molecular flexibility index (Phi) is 5.23. The van der Waals surface area contributed by atoms with Crippen molar-refractivity contribution < 1.29 is 14.4 Å². The molecule has 0 aliphatic rings. The number of rotatable bonds is 5. The zero-order valence-corrected chi connectivity index (χ0v) is 10.3. The normalized spacial score (nSPS) is 10.5. The highest BCUT2D eigenvalue weighted by Gasteiger charge is 2.03. The summed E-state index contributed by atoms with van der Waals surface area (Å²) in [5.74, 6) is 0.540. The van der Waals surface area contributed by atoms with Crippen LogP contribution in [0.1, 0.15) is 12.5 Å². The van der Waals surface area contributed by atoms with Gasteiger partial charge in [-0.3, -0.25) is 9.63 Å². The van der Waals surface area contributed by atoms with Crippen LogP contribution in [0.4, 0.5) is 0 Å². The Morgan fingerprint density at radius 3 is 2.76 bits per heavy atom. The van der Waals surface area contributed by atoms with Crippen molar-refractivity contribution in [3.63, 3.8) is 0 Å². The summed E-state index contributed by atoms with van der Waals surface area (Å²) in [4.78, 5) is 16.3. The van der Waals surface area contributed by atoms with Crippen LogP contribution in [0.2, 0.25) is 0 Å². The average Bonchev–Trinajstić information content (AvgIpc) is 2.36. The molecule has 0 heterocycles. The molecule has 1 amide bonds. The van der Waals surface area contributed by atoms with Gasteiger partial charge < -0.3 is 4.74 Å². The van der Waals surface area contributed by atoms with E-state index in [0.29, 0.717) is 6.61 Å². The Bertz CT molecular complexity index is 401. The molecule has 0 saturated heterocycles. The predicted molar refractivity (Wildman–Crippen MR) is 66.4 cm³/mol. The Morgan fingerprint density at radius 2 is 2.12 bits per heavy atom. The third-order valence-electron chi connectivity index (χ3n) is 2.21. The molecule has 4 heteroatoms. The molecule has 0 atom stereocenters. The van der Waals surface area contributed by atoms with Crippen molar-refractivity contribution in [2.75, 3.05) is 20.8 Å². The number of hydroxylamine groups is 2. The molecule has 0 spiro atoms. The second-order valence-electron chi connectivity index (χ2n) is 3.32. The summed E-state index contributed by atoms with van der Waals surface area (Å²) in [6.45, 7) is 2.52. The third-order valence-corrected chi connectivity index (χ3v) is 2.21. The average molecular weight is 235 g/mol. The molecular weight excluding hydrogens is 218 g/mol. The van der Waals surface area contributed by atoms with E-state index in [2.05, 4.69) is 0 Å². The number of likely N-dealkylation sites (N-methyl/N-ethyl adjacent to an activating group) is 1. The van der Waals surface area contributed by atoms with E-state index in [1.54, 1.807) is 13.1 Å². The highest BCUT2D eigenvalue weighted by Crippen LogP contribution is 2.19. The molecule has 0 aliphatic carbocycles. The Balaban J connectivity index is 2.80. The molecule has 0 fully saturated rings. The van der Waals surface area contributed by atoms with Gasteiger partial charge in [-0.2, -0.15) is 0 Å². The molecule has 0 radical (unpaired) electrons. The van der Waals surface area contributed by atoms with Crippen molar-refractivity contribution in [2.24, 2.45) is 0 Å². The summed E-state index contributed by atoms with van der Waals surface area (Å²) in [5.41, 5.74) is 0.868. The molecule has 0 unspecified atom stereocenters. The Morgan fingerprint density at radius 1 is 1.41 bits per heavy atom. The van der Waals surface area contributed by atoms with Crippen molar-refractivity contribution in [1.82, 2.24) is 5.06 Å². The number of para-hydroxylation sites is 1. The highest BCUT2D eigenvalue weighted by atomic mass is 16.7. The maximum absolute atomic E-state index is 11.5. The van der Waals surface area contributed by atoms with Crippen molar-refractivity contribution in [2.45, 2.75) is 6.92 Å². The zero-order valence-electron chi connectivity index (χ0n) is 10.3. The van der Waals surface area contributed by atoms with Gasteiger partial charge in [0.2, 0.25) is 0 Å². The minimum absolute atomic E-state index is 0.223. The lowest BCUT2D eigenvalue weighted by Crippen LogP contribution is -2.22. The second-order valence-corrected chi connectivity index (χ2v) is 3.32. The Labute approximate surface area is 101 Å². The number of hydrogen-bond donors (Lipinski definition) is 0. The fourth-order valence-corrected chi connectivity index (χ4v) is 1.26. The van der Waals surface area contributed by atoms with Crippen molar-refractivity contribution in [3.8, 4) is 5.75 Å². The number of nitrogens with zero attached hydrogens (tertiary/aromatic N) is 1. The van der Waals surface area contributed by atoms with E-state index in [1.807, 2.05) is 31.2 Å². The zero-order chi connectivity index (χ0) is 12.7. The minimum atomic E-state index is -0.223. The fourth-order valence-electron chi connectivity index (χ4n) is 1.26. The lowest BCUT2D eigenvalue weighted by Gasteiger charge is -2.10. The van der Waals surface area contributed by atoms with Gasteiger partial charge in [0.05, 0.1) is 13.7 Å². The third kappa shape index (κ3) is 3.92. The van der Waals surface area contributed by atoms with Crippen LogP contribution in [0, 0.1) is 0 Å². The number of amides is 1. The predicted octanol–water partition coefficient (Wildman–Crippen LogP) is 2.12. The van der Waals surface area contributed by atoms with E-state index < -0.39 is 0 Å². The van der Waals surface area contributed by atoms with Crippen LogP contribution >= 0.6 is 0 Å². The topological polar surface area (TPSA) is 38.8 Å². The number of hydrogen-bond acceptors (Lipinski definition) is 3. The standard InChI is InChI=1S/C13H17NO3/c1-4-17-12-8-6-5-7-11(12)9-10-13(15)14(2)16-3/h5-10H,4H2,1-3H3/b10-9+. The minimum Gasteiger partial charge on any atom is -0.493 e. The first-order valence-electron chi connectivity index (χ1n) is 5.40. The molecule has 1 aromatic carbocycles. The summed E-state index contributed by atoms with van der Waals surface area (Å²) in [6, 6.07) is 7.55. The van der Waals surface area contributed by atoms with E-state index in [-0.39, 0.29) is 5.91 Å². The molecule has 0 aliphatic heterocycles. The van der Waals surface area contributed by atoms with Crippen molar-refractivity contribution in [3.05, 3.63) is 35.9 Å². The van der Waals surface area contributed by atoms with Crippen LogP contribution in [0.15, 0.2) is 30.3 Å². The summed E-state index contributed by atoms with van der Waals surface area (Å²) < 4.78 is 5.45. The quantitative estimate of drug-likeness (QED) is 0.579. The molecular formula is C13H17NO3. The Hall–Kier alpha value is -1.81. The van der Waals surface area contributed by atoms with E-state index in [9.17, 15) is 4.79 Å². The summed E-state index contributed by atoms with van der Waals surface area (Å²) in [5, 5.41) is 1.15. The number of carbonyl (C=O) groups is 1. The van der Waals surface area contributed by atoms with E-state index in [1.165, 1.54) is 13.2 Å². The highest BCUT2D eigenvalue weighted by molar-refractivity contribution is 5.91. The molecule has 1 rings (SSSR count). The summed E-state index contributed by atoms with van der Waals surface area (Å²) in [6.07, 6.45) is 3.16. The van der Waals surface area contributed by atoms with Gasteiger partial charge in [-0.05, 0) is 19.1 Å². The van der Waals surface area contributed by atoms with E-state index in [0.717, 1.165) is 16.4 Å². The van der Waals surface area contributed by atoms with Crippen LogP contribution in [0.25, 0.3) is 6.08 Å². The largest absolute Gasteiger partial charge is 0.493 e. The van der Waals surface area contributed by atoms with Crippen LogP contribution in [-0.2, 0) is 9.63 Å². The SMILES string of the molecule is CCOc1ccccc1/C=C/C(=O)N(C)OC. The molecule has 4 nitrogen and oxygen atoms in total. The fraction of sp³-hybridized carbons (Fsp3) is 0.308. The summed E-state index contributed by atoms with van der Waals surface area (Å²) in [7, 11) is 3.00. The van der Waals surface area contributed by atoms with Gasteiger partial charge >= 0.3 is 0 Å². The molecule has 92 valence electrons. The maximum Gasteiger partial charge on any atom is 0.269 e. The first kappa shape index (κ1) is 13.3. The van der Waals surface area contributed by atoms with Crippen LogP contribution in [0.5, 0.6) is 5.75 Å². The van der Waals surface area contributed by atoms with Gasteiger partial charge in [0.1, 0.15) is 5.75 Å². The number of carbonyl (C=O) groups excluding carboxylic acids is 1. The van der Waals surface area contributed by atoms with Crippen LogP contribution < -0.4 is 4.74 Å². The molecule has 0 N–H and O–H groups in total. The number of ether oxygens (including phenoxy) is 1. The van der Waals surface area contributed by atoms with Gasteiger partial charge in [-0.1, -0.05) is 18.2 Å². The molecule has 17 heavy (non-hydrogen) atoms. The van der Waals surface area contributed by atoms with Gasteiger partial charge in [0.15, 0.2) is 0 Å². The van der Waals surface area contributed by atoms with Crippen LogP contribution in [-0.4, -0.2) is 31.7 Å². The maximum atomic E-state index is 11.5. The van der Waals surface area contributed by atoms with Gasteiger partial charge in [0.25, 0.3) is 5.91 Å². The van der Waals surface area contributed by atoms with Crippen LogP contribution in [0.3, 0.4) is 0 Å². The van der Waals surface area contributed by atoms with Crippen molar-refractivity contribution in [1.29, 1.82) is 0 Å². The van der Waals surface area contributed by atoms with Crippen molar-refractivity contribution >= 4 is 12.0 Å². The first-order chi connectivity index (χ1) is 8.19. The van der Waals surface area contributed by atoms with Gasteiger partial charge in [0, 0.05) is 18.7 Å².